The van der Waals surface area contributed by atoms with Crippen molar-refractivity contribution in [1.29, 1.82) is 0 Å². The van der Waals surface area contributed by atoms with Gasteiger partial charge in [0.15, 0.2) is 5.82 Å². The summed E-state index contributed by atoms with van der Waals surface area (Å²) in [4.78, 5) is 11.3. The van der Waals surface area contributed by atoms with Gasteiger partial charge in [-0.1, -0.05) is 0 Å². The predicted octanol–water partition coefficient (Wildman–Crippen LogP) is 2.04. The number of anilines is 1. The van der Waals surface area contributed by atoms with E-state index in [1.165, 1.54) is 0 Å². The molecule has 0 spiro atoms. The number of hydrogen-bond acceptors (Lipinski definition) is 7. The van der Waals surface area contributed by atoms with Gasteiger partial charge in [-0.15, -0.1) is 0 Å². The van der Waals surface area contributed by atoms with Crippen LogP contribution in [0.1, 0.15) is 29.3 Å². The monoisotopic (exact) mass is 440 g/mol. The van der Waals surface area contributed by atoms with Gasteiger partial charge in [0.25, 0.3) is 0 Å². The Bertz CT molecular complexity index is 1110. The quantitative estimate of drug-likeness (QED) is 0.607. The fourth-order valence-corrected chi connectivity index (χ4v) is 4.71. The minimum atomic E-state index is -0.892. The first-order valence-electron chi connectivity index (χ1n) is 11.2. The van der Waals surface area contributed by atoms with Crippen LogP contribution in [0.4, 0.5) is 10.2 Å². The lowest BCUT2D eigenvalue weighted by atomic mass is 9.85. The molecule has 2 saturated heterocycles. The topological polar surface area (TPSA) is 88.3 Å². The average Bonchev–Trinajstić information content (AvgIpc) is 3.15. The molecule has 2 aliphatic rings. The van der Waals surface area contributed by atoms with Crippen molar-refractivity contribution < 1.29 is 14.2 Å². The summed E-state index contributed by atoms with van der Waals surface area (Å²) in [6.07, 6.45) is 1.83. The van der Waals surface area contributed by atoms with Crippen molar-refractivity contribution in [3.63, 3.8) is 0 Å². The third kappa shape index (κ3) is 3.96. The highest BCUT2D eigenvalue weighted by Crippen LogP contribution is 2.33. The standard InChI is InChI=1S/C23H29FN6O2/c1-14-7-16-10-26-30(21(16)8-19(14)18-3-4-25-11-20(18)24)23-9-22(27-15(2)28-23)29-12-17(13-29)32-6-5-31/h7-10,17-18,20,25,31H,3-6,11-13H2,1-2H3/t18-,20-/m0/s1. The normalized spacial score (nSPS) is 21.8. The van der Waals surface area contributed by atoms with Crippen LogP contribution in [0.25, 0.3) is 16.7 Å². The molecule has 9 heteroatoms. The van der Waals surface area contributed by atoms with Gasteiger partial charge in [0.1, 0.15) is 17.8 Å². The summed E-state index contributed by atoms with van der Waals surface area (Å²) >= 11 is 0. The summed E-state index contributed by atoms with van der Waals surface area (Å²) in [5.74, 6) is 2.08. The minimum Gasteiger partial charge on any atom is -0.394 e. The summed E-state index contributed by atoms with van der Waals surface area (Å²) in [5, 5.41) is 17.7. The lowest BCUT2D eigenvalue weighted by Crippen LogP contribution is -2.53. The van der Waals surface area contributed by atoms with Gasteiger partial charge in [0.2, 0.25) is 0 Å². The van der Waals surface area contributed by atoms with Crippen molar-refractivity contribution >= 4 is 16.7 Å². The smallest absolute Gasteiger partial charge is 0.159 e. The Hall–Kier alpha value is -2.62. The van der Waals surface area contributed by atoms with E-state index in [0.717, 1.165) is 53.9 Å². The van der Waals surface area contributed by atoms with Gasteiger partial charge in [-0.3, -0.25) is 0 Å². The fourth-order valence-electron chi connectivity index (χ4n) is 4.71. The summed E-state index contributed by atoms with van der Waals surface area (Å²) in [6, 6.07) is 6.11. The molecular formula is C23H29FN6O2. The number of aliphatic hydroxyl groups is 1. The molecule has 2 aliphatic heterocycles. The van der Waals surface area contributed by atoms with Gasteiger partial charge < -0.3 is 20.1 Å². The van der Waals surface area contributed by atoms with E-state index in [0.29, 0.717) is 24.8 Å². The molecule has 32 heavy (non-hydrogen) atoms. The Balaban J connectivity index is 1.47. The Morgan fingerprint density at radius 1 is 1.19 bits per heavy atom. The zero-order valence-electron chi connectivity index (χ0n) is 18.5. The Kier molecular flexibility index (Phi) is 5.79. The third-order valence-corrected chi connectivity index (χ3v) is 6.41. The van der Waals surface area contributed by atoms with E-state index >= 15 is 0 Å². The second-order valence-corrected chi connectivity index (χ2v) is 8.69. The first-order valence-corrected chi connectivity index (χ1v) is 11.2. The van der Waals surface area contributed by atoms with Crippen molar-refractivity contribution in [1.82, 2.24) is 25.1 Å². The molecule has 4 heterocycles. The Morgan fingerprint density at radius 2 is 2.00 bits per heavy atom. The van der Waals surface area contributed by atoms with Crippen molar-refractivity contribution in [2.75, 3.05) is 44.3 Å². The van der Waals surface area contributed by atoms with Crippen LogP contribution < -0.4 is 10.2 Å². The van der Waals surface area contributed by atoms with E-state index in [1.54, 1.807) is 0 Å². The van der Waals surface area contributed by atoms with Gasteiger partial charge in [0.05, 0.1) is 31.0 Å². The number of alkyl halides is 1. The average molecular weight is 441 g/mol. The van der Waals surface area contributed by atoms with Crippen LogP contribution in [0, 0.1) is 13.8 Å². The molecule has 0 bridgehead atoms. The van der Waals surface area contributed by atoms with Crippen molar-refractivity contribution in [3.05, 3.63) is 41.3 Å². The molecule has 0 saturated carbocycles. The lowest BCUT2D eigenvalue weighted by Gasteiger charge is -2.39. The number of ether oxygens (including phenoxy) is 1. The van der Waals surface area contributed by atoms with Gasteiger partial charge in [0, 0.05) is 37.0 Å². The molecule has 0 amide bonds. The first kappa shape index (κ1) is 21.2. The zero-order chi connectivity index (χ0) is 22.2. The number of hydrogen-bond donors (Lipinski definition) is 2. The predicted molar refractivity (Wildman–Crippen MR) is 120 cm³/mol. The number of nitrogens with zero attached hydrogens (tertiary/aromatic N) is 5. The number of aliphatic hydroxyl groups excluding tert-OH is 1. The maximum absolute atomic E-state index is 14.7. The molecular weight excluding hydrogens is 411 g/mol. The molecule has 3 aromatic rings. The first-order chi connectivity index (χ1) is 15.5. The number of piperidine rings is 1. The summed E-state index contributed by atoms with van der Waals surface area (Å²) in [6.45, 7) is 6.98. The van der Waals surface area contributed by atoms with Crippen molar-refractivity contribution in [3.8, 4) is 5.82 Å². The van der Waals surface area contributed by atoms with Gasteiger partial charge >= 0.3 is 0 Å². The van der Waals surface area contributed by atoms with Gasteiger partial charge in [-0.25, -0.2) is 19.0 Å². The second kappa shape index (κ2) is 8.73. The highest BCUT2D eigenvalue weighted by molar-refractivity contribution is 5.82. The zero-order valence-corrected chi connectivity index (χ0v) is 18.5. The molecule has 2 N–H and O–H groups in total. The second-order valence-electron chi connectivity index (χ2n) is 8.69. The number of halogens is 1. The fraction of sp³-hybridized carbons (Fsp3) is 0.522. The Morgan fingerprint density at radius 3 is 2.78 bits per heavy atom. The van der Waals surface area contributed by atoms with E-state index in [1.807, 2.05) is 30.8 Å². The number of fused-ring (bicyclic) bond motifs is 1. The van der Waals surface area contributed by atoms with Gasteiger partial charge in [-0.2, -0.15) is 5.10 Å². The van der Waals surface area contributed by atoms with Crippen LogP contribution in [0.2, 0.25) is 0 Å². The van der Waals surface area contributed by atoms with Crippen molar-refractivity contribution in [2.45, 2.75) is 38.5 Å². The highest BCUT2D eigenvalue weighted by Gasteiger charge is 2.30. The maximum atomic E-state index is 14.7. The summed E-state index contributed by atoms with van der Waals surface area (Å²) in [5.41, 5.74) is 3.07. The van der Waals surface area contributed by atoms with Gasteiger partial charge in [-0.05, 0) is 50.1 Å². The van der Waals surface area contributed by atoms with E-state index < -0.39 is 6.17 Å². The molecule has 1 aromatic carbocycles. The third-order valence-electron chi connectivity index (χ3n) is 6.41. The SMILES string of the molecule is Cc1nc(N2CC(OCCO)C2)cc(-n2ncc3cc(C)c([C@@H]4CCNC[C@@H]4F)cc32)n1. The highest BCUT2D eigenvalue weighted by atomic mass is 19.1. The molecule has 0 radical (unpaired) electrons. The van der Waals surface area contributed by atoms with Crippen LogP contribution >= 0.6 is 0 Å². The number of benzene rings is 1. The van der Waals surface area contributed by atoms with E-state index in [4.69, 9.17) is 9.84 Å². The van der Waals surface area contributed by atoms with Crippen LogP contribution in [-0.4, -0.2) is 76.5 Å². The molecule has 0 aliphatic carbocycles. The molecule has 170 valence electrons. The molecule has 2 atom stereocenters. The number of aryl methyl sites for hydroxylation is 2. The number of nitrogens with one attached hydrogen (secondary N) is 1. The Labute approximate surface area is 186 Å². The molecule has 2 aromatic heterocycles. The van der Waals surface area contributed by atoms with Crippen LogP contribution in [0.3, 0.4) is 0 Å². The number of rotatable bonds is 6. The summed E-state index contributed by atoms with van der Waals surface area (Å²) in [7, 11) is 0. The maximum Gasteiger partial charge on any atom is 0.159 e. The number of aromatic nitrogens is 4. The van der Waals surface area contributed by atoms with E-state index in [-0.39, 0.29) is 18.6 Å². The van der Waals surface area contributed by atoms with Crippen LogP contribution in [-0.2, 0) is 4.74 Å². The summed E-state index contributed by atoms with van der Waals surface area (Å²) < 4.78 is 22.1. The van der Waals surface area contributed by atoms with Crippen LogP contribution in [0.5, 0.6) is 0 Å². The van der Waals surface area contributed by atoms with E-state index in [9.17, 15) is 4.39 Å². The van der Waals surface area contributed by atoms with Crippen molar-refractivity contribution in [2.24, 2.45) is 0 Å². The molecule has 8 nitrogen and oxygen atoms in total. The molecule has 2 fully saturated rings. The van der Waals surface area contributed by atoms with E-state index in [2.05, 4.69) is 37.4 Å². The van der Waals surface area contributed by atoms with Crippen LogP contribution in [0.15, 0.2) is 24.4 Å². The lowest BCUT2D eigenvalue weighted by molar-refractivity contribution is 0.0132. The molecule has 0 unspecified atom stereocenters. The minimum absolute atomic E-state index is 0.0294. The largest absolute Gasteiger partial charge is 0.394 e. The molecule has 5 rings (SSSR count).